The van der Waals surface area contributed by atoms with Crippen LogP contribution in [-0.4, -0.2) is 30.8 Å². The second-order valence-corrected chi connectivity index (χ2v) is 9.52. The molecule has 0 spiro atoms. The third kappa shape index (κ3) is 4.00. The fourth-order valence-corrected chi connectivity index (χ4v) is 4.91. The smallest absolute Gasteiger partial charge is 0.267 e. The van der Waals surface area contributed by atoms with Crippen LogP contribution in [0.15, 0.2) is 70.6 Å². The molecule has 0 saturated carbocycles. The third-order valence-corrected chi connectivity index (χ3v) is 7.35. The summed E-state index contributed by atoms with van der Waals surface area (Å²) in [6, 6.07) is 19.1. The van der Waals surface area contributed by atoms with Crippen molar-refractivity contribution in [3.05, 3.63) is 93.3 Å². The number of hydrogen-bond donors (Lipinski definition) is 1. The topological polar surface area (TPSA) is 81.3 Å². The SMILES string of the molecule is Cc1cccc(NC(=O)CSc2nnc3n(-c4cccc(C)c4C)c(=O)c4ccccc4n23)c1C. The fourth-order valence-electron chi connectivity index (χ4n) is 4.17. The van der Waals surface area contributed by atoms with Gasteiger partial charge in [-0.2, -0.15) is 0 Å². The van der Waals surface area contributed by atoms with E-state index in [9.17, 15) is 9.59 Å². The van der Waals surface area contributed by atoms with E-state index in [0.717, 1.165) is 33.6 Å². The summed E-state index contributed by atoms with van der Waals surface area (Å²) in [5.74, 6) is 0.443. The quantitative estimate of drug-likeness (QED) is 0.356. The van der Waals surface area contributed by atoms with E-state index < -0.39 is 0 Å². The molecule has 2 heterocycles. The Kier molecular flexibility index (Phi) is 5.90. The van der Waals surface area contributed by atoms with Crippen LogP contribution in [0.25, 0.3) is 22.4 Å². The maximum atomic E-state index is 13.6. The molecule has 0 bridgehead atoms. The number of aryl methyl sites for hydroxylation is 2. The van der Waals surface area contributed by atoms with Gasteiger partial charge < -0.3 is 5.32 Å². The first kappa shape index (κ1) is 22.9. The first-order valence-electron chi connectivity index (χ1n) is 11.3. The Balaban J connectivity index is 1.57. The molecule has 7 nitrogen and oxygen atoms in total. The Morgan fingerprint density at radius 1 is 0.886 bits per heavy atom. The minimum Gasteiger partial charge on any atom is -0.325 e. The molecule has 0 saturated heterocycles. The van der Waals surface area contributed by atoms with E-state index in [4.69, 9.17) is 0 Å². The van der Waals surface area contributed by atoms with Gasteiger partial charge in [0.25, 0.3) is 5.56 Å². The van der Waals surface area contributed by atoms with Gasteiger partial charge in [0.2, 0.25) is 11.7 Å². The largest absolute Gasteiger partial charge is 0.325 e. The minimum atomic E-state index is -0.154. The summed E-state index contributed by atoms with van der Waals surface area (Å²) >= 11 is 1.29. The average Bonchev–Trinajstić information content (AvgIpc) is 3.27. The molecule has 35 heavy (non-hydrogen) atoms. The van der Waals surface area contributed by atoms with Crippen LogP contribution in [0.5, 0.6) is 0 Å². The molecule has 0 fully saturated rings. The average molecular weight is 484 g/mol. The predicted octanol–water partition coefficient (Wildman–Crippen LogP) is 5.00. The van der Waals surface area contributed by atoms with E-state index in [1.807, 2.05) is 86.7 Å². The van der Waals surface area contributed by atoms with Crippen LogP contribution in [0.4, 0.5) is 5.69 Å². The van der Waals surface area contributed by atoms with Crippen molar-refractivity contribution in [3.8, 4) is 5.69 Å². The fraction of sp³-hybridized carbons (Fsp3) is 0.185. The number of nitrogens with zero attached hydrogens (tertiary/aromatic N) is 4. The summed E-state index contributed by atoms with van der Waals surface area (Å²) in [5, 5.41) is 12.9. The maximum Gasteiger partial charge on any atom is 0.267 e. The molecule has 0 aliphatic heterocycles. The van der Waals surface area contributed by atoms with Gasteiger partial charge in [-0.05, 0) is 74.2 Å². The number of benzene rings is 3. The summed E-state index contributed by atoms with van der Waals surface area (Å²) in [4.78, 5) is 26.3. The number of amides is 1. The van der Waals surface area contributed by atoms with Crippen molar-refractivity contribution in [2.24, 2.45) is 0 Å². The molecule has 0 unspecified atom stereocenters. The lowest BCUT2D eigenvalue weighted by atomic mass is 10.1. The molecule has 5 aromatic rings. The standard InChI is InChI=1S/C27H25N5O2S/c1-16-9-7-12-21(18(16)3)28-24(33)15-35-27-30-29-26-31(22-14-8-10-17(2)19(22)4)25(34)20-11-5-6-13-23(20)32(26)27/h5-14H,15H2,1-4H3,(H,28,33). The lowest BCUT2D eigenvalue weighted by Gasteiger charge is -2.14. The summed E-state index contributed by atoms with van der Waals surface area (Å²) in [7, 11) is 0. The van der Waals surface area contributed by atoms with Crippen molar-refractivity contribution < 1.29 is 4.79 Å². The summed E-state index contributed by atoms with van der Waals surface area (Å²) in [6.07, 6.45) is 0. The zero-order chi connectivity index (χ0) is 24.7. The zero-order valence-corrected chi connectivity index (χ0v) is 20.8. The molecule has 3 aromatic carbocycles. The van der Waals surface area contributed by atoms with Gasteiger partial charge in [0.05, 0.1) is 22.3 Å². The maximum absolute atomic E-state index is 13.6. The predicted molar refractivity (Wildman–Crippen MR) is 141 cm³/mol. The summed E-state index contributed by atoms with van der Waals surface area (Å²) in [6.45, 7) is 8.01. The Hall–Kier alpha value is -3.91. The number of thioether (sulfide) groups is 1. The third-order valence-electron chi connectivity index (χ3n) is 6.42. The van der Waals surface area contributed by atoms with Gasteiger partial charge in [-0.1, -0.05) is 48.2 Å². The van der Waals surface area contributed by atoms with Gasteiger partial charge in [0, 0.05) is 5.69 Å². The van der Waals surface area contributed by atoms with E-state index in [1.54, 1.807) is 10.6 Å². The van der Waals surface area contributed by atoms with Gasteiger partial charge in [0.15, 0.2) is 5.16 Å². The number of anilines is 1. The Bertz CT molecular complexity index is 1670. The van der Waals surface area contributed by atoms with Gasteiger partial charge in [-0.25, -0.2) is 4.57 Å². The first-order chi connectivity index (χ1) is 16.9. The molecule has 5 rings (SSSR count). The molecule has 0 atom stereocenters. The van der Waals surface area contributed by atoms with Crippen molar-refractivity contribution in [2.45, 2.75) is 32.9 Å². The Morgan fingerprint density at radius 2 is 1.60 bits per heavy atom. The van der Waals surface area contributed by atoms with Crippen molar-refractivity contribution >= 4 is 40.0 Å². The number of aromatic nitrogens is 4. The molecule has 1 amide bonds. The highest BCUT2D eigenvalue weighted by Gasteiger charge is 2.20. The summed E-state index contributed by atoms with van der Waals surface area (Å²) < 4.78 is 3.46. The zero-order valence-electron chi connectivity index (χ0n) is 20.0. The second-order valence-electron chi connectivity index (χ2n) is 8.58. The van der Waals surface area contributed by atoms with Crippen LogP contribution in [0.3, 0.4) is 0 Å². The van der Waals surface area contributed by atoms with E-state index in [1.165, 1.54) is 11.8 Å². The van der Waals surface area contributed by atoms with Crippen molar-refractivity contribution in [3.63, 3.8) is 0 Å². The molecule has 176 valence electrons. The monoisotopic (exact) mass is 483 g/mol. The molecule has 8 heteroatoms. The highest BCUT2D eigenvalue weighted by Crippen LogP contribution is 2.25. The number of carbonyl (C=O) groups excluding carboxylic acids is 1. The van der Waals surface area contributed by atoms with Crippen molar-refractivity contribution in [2.75, 3.05) is 11.1 Å². The van der Waals surface area contributed by atoms with Gasteiger partial charge in [0.1, 0.15) is 0 Å². The van der Waals surface area contributed by atoms with E-state index in [2.05, 4.69) is 15.5 Å². The number of rotatable bonds is 5. The van der Waals surface area contributed by atoms with Crippen molar-refractivity contribution in [1.82, 2.24) is 19.2 Å². The second kappa shape index (κ2) is 9.03. The number of para-hydroxylation sites is 1. The van der Waals surface area contributed by atoms with Crippen LogP contribution < -0.4 is 10.9 Å². The highest BCUT2D eigenvalue weighted by molar-refractivity contribution is 7.99. The van der Waals surface area contributed by atoms with Crippen LogP contribution in [-0.2, 0) is 4.79 Å². The van der Waals surface area contributed by atoms with E-state index in [0.29, 0.717) is 21.8 Å². The molecule has 2 aromatic heterocycles. The number of fused-ring (bicyclic) bond motifs is 3. The lowest BCUT2D eigenvalue weighted by molar-refractivity contribution is -0.113. The first-order valence-corrected chi connectivity index (χ1v) is 12.3. The van der Waals surface area contributed by atoms with Crippen LogP contribution in [0.2, 0.25) is 0 Å². The Labute approximate surface area is 206 Å². The normalized spacial score (nSPS) is 11.3. The molecule has 0 radical (unpaired) electrons. The highest BCUT2D eigenvalue weighted by atomic mass is 32.2. The number of nitrogens with one attached hydrogen (secondary N) is 1. The summed E-state index contributed by atoms with van der Waals surface area (Å²) in [5.41, 5.74) is 6.36. The van der Waals surface area contributed by atoms with E-state index >= 15 is 0 Å². The number of hydrogen-bond acceptors (Lipinski definition) is 5. The van der Waals surface area contributed by atoms with E-state index in [-0.39, 0.29) is 17.2 Å². The van der Waals surface area contributed by atoms with Crippen LogP contribution in [0, 0.1) is 27.7 Å². The molecule has 0 aliphatic rings. The van der Waals surface area contributed by atoms with Gasteiger partial charge in [-0.3, -0.25) is 14.0 Å². The molecule has 0 aliphatic carbocycles. The Morgan fingerprint density at radius 3 is 2.40 bits per heavy atom. The van der Waals surface area contributed by atoms with Crippen molar-refractivity contribution in [1.29, 1.82) is 0 Å². The lowest BCUT2D eigenvalue weighted by Crippen LogP contribution is -2.23. The molecular formula is C27H25N5O2S. The van der Waals surface area contributed by atoms with Gasteiger partial charge >= 0.3 is 0 Å². The van der Waals surface area contributed by atoms with Crippen LogP contribution in [0.1, 0.15) is 22.3 Å². The van der Waals surface area contributed by atoms with Gasteiger partial charge in [-0.15, -0.1) is 10.2 Å². The molecule has 1 N–H and O–H groups in total. The molecular weight excluding hydrogens is 458 g/mol. The minimum absolute atomic E-state index is 0.132. The van der Waals surface area contributed by atoms with Crippen LogP contribution >= 0.6 is 11.8 Å². The number of carbonyl (C=O) groups is 1.